The summed E-state index contributed by atoms with van der Waals surface area (Å²) in [6, 6.07) is 7.90. The van der Waals surface area contributed by atoms with Gasteiger partial charge in [0.1, 0.15) is 6.04 Å². The third-order valence-electron chi connectivity index (χ3n) is 3.75. The van der Waals surface area contributed by atoms with Crippen LogP contribution >= 0.6 is 0 Å². The fourth-order valence-electron chi connectivity index (χ4n) is 2.52. The van der Waals surface area contributed by atoms with Gasteiger partial charge in [-0.2, -0.15) is 0 Å². The van der Waals surface area contributed by atoms with Gasteiger partial charge in [0.15, 0.2) is 0 Å². The van der Waals surface area contributed by atoms with Crippen LogP contribution in [0.15, 0.2) is 24.3 Å². The first-order valence-electron chi connectivity index (χ1n) is 7.77. The number of ether oxygens (including phenoxy) is 1. The number of carbonyl (C=O) groups excluding carboxylic acids is 1. The third kappa shape index (κ3) is 4.55. The lowest BCUT2D eigenvalue weighted by Crippen LogP contribution is -2.35. The number of nitrogens with zero attached hydrogens (tertiary/aromatic N) is 1. The van der Waals surface area contributed by atoms with E-state index in [4.69, 9.17) is 4.74 Å². The summed E-state index contributed by atoms with van der Waals surface area (Å²) in [7, 11) is 4.05. The molecular formula is C17H26N2O2. The molecule has 1 aromatic rings. The van der Waals surface area contributed by atoms with E-state index in [2.05, 4.69) is 28.4 Å². The van der Waals surface area contributed by atoms with E-state index < -0.39 is 0 Å². The Morgan fingerprint density at radius 2 is 2.10 bits per heavy atom. The van der Waals surface area contributed by atoms with E-state index in [-0.39, 0.29) is 12.0 Å². The Hall–Kier alpha value is -1.39. The Bertz CT molecular complexity index is 470. The zero-order valence-electron chi connectivity index (χ0n) is 13.3. The van der Waals surface area contributed by atoms with Crippen molar-refractivity contribution in [2.45, 2.75) is 31.7 Å². The fraction of sp³-hybridized carbons (Fsp3) is 0.588. The molecule has 2 rings (SSSR count). The molecule has 4 heteroatoms. The standard InChI is InChI=1S/C17H26N2O2/c1-4-21-17(20)16(18-11-12-19(2)3)15-8-6-5-7-14(15)13-9-10-13/h5-8,13,16,18H,4,9-12H2,1-3H3. The van der Waals surface area contributed by atoms with Gasteiger partial charge in [0.2, 0.25) is 0 Å². The summed E-state index contributed by atoms with van der Waals surface area (Å²) in [5.41, 5.74) is 2.38. The highest BCUT2D eigenvalue weighted by Crippen LogP contribution is 2.43. The van der Waals surface area contributed by atoms with Crippen LogP contribution < -0.4 is 5.32 Å². The van der Waals surface area contributed by atoms with Crippen LogP contribution in [0.3, 0.4) is 0 Å². The normalized spacial score (nSPS) is 16.0. The van der Waals surface area contributed by atoms with Crippen molar-refractivity contribution >= 4 is 5.97 Å². The molecule has 0 saturated heterocycles. The second-order valence-electron chi connectivity index (χ2n) is 5.85. The second kappa shape index (κ2) is 7.57. The molecule has 0 amide bonds. The Balaban J connectivity index is 2.15. The predicted octanol–water partition coefficient (Wildman–Crippen LogP) is 2.32. The Kier molecular flexibility index (Phi) is 5.76. The highest BCUT2D eigenvalue weighted by Gasteiger charge is 2.31. The number of hydrogen-bond donors (Lipinski definition) is 1. The van der Waals surface area contributed by atoms with Crippen LogP contribution in [0.2, 0.25) is 0 Å². The van der Waals surface area contributed by atoms with Crippen molar-refractivity contribution < 1.29 is 9.53 Å². The molecule has 1 aromatic carbocycles. The van der Waals surface area contributed by atoms with Gasteiger partial charge in [0.25, 0.3) is 0 Å². The number of nitrogens with one attached hydrogen (secondary N) is 1. The Morgan fingerprint density at radius 1 is 1.38 bits per heavy atom. The van der Waals surface area contributed by atoms with Gasteiger partial charge in [-0.25, -0.2) is 4.79 Å². The summed E-state index contributed by atoms with van der Waals surface area (Å²) in [4.78, 5) is 14.4. The maximum Gasteiger partial charge on any atom is 0.327 e. The lowest BCUT2D eigenvalue weighted by Gasteiger charge is -2.21. The number of esters is 1. The van der Waals surface area contributed by atoms with Crippen LogP contribution in [-0.2, 0) is 9.53 Å². The average Bonchev–Trinajstić information content (AvgIpc) is 3.28. The Labute approximate surface area is 127 Å². The van der Waals surface area contributed by atoms with Crippen molar-refractivity contribution in [2.75, 3.05) is 33.8 Å². The van der Waals surface area contributed by atoms with Gasteiger partial charge in [0.05, 0.1) is 6.61 Å². The molecule has 0 heterocycles. The lowest BCUT2D eigenvalue weighted by atomic mass is 9.97. The minimum absolute atomic E-state index is 0.177. The van der Waals surface area contributed by atoms with Crippen LogP contribution in [0.1, 0.15) is 42.9 Å². The monoisotopic (exact) mass is 290 g/mol. The first kappa shape index (κ1) is 16.0. The van der Waals surface area contributed by atoms with Crippen LogP contribution in [0.5, 0.6) is 0 Å². The van der Waals surface area contributed by atoms with Gasteiger partial charge < -0.3 is 9.64 Å². The van der Waals surface area contributed by atoms with Crippen LogP contribution in [0.25, 0.3) is 0 Å². The van der Waals surface area contributed by atoms with Crippen molar-refractivity contribution in [2.24, 2.45) is 0 Å². The number of carbonyl (C=O) groups is 1. The van der Waals surface area contributed by atoms with E-state index in [1.165, 1.54) is 18.4 Å². The number of benzene rings is 1. The zero-order valence-corrected chi connectivity index (χ0v) is 13.3. The van der Waals surface area contributed by atoms with Crippen molar-refractivity contribution in [1.29, 1.82) is 0 Å². The molecule has 1 aliphatic rings. The van der Waals surface area contributed by atoms with Crippen molar-refractivity contribution in [3.05, 3.63) is 35.4 Å². The van der Waals surface area contributed by atoms with Crippen molar-refractivity contribution in [3.63, 3.8) is 0 Å². The van der Waals surface area contributed by atoms with Crippen LogP contribution in [-0.4, -0.2) is 44.7 Å². The molecule has 0 aliphatic heterocycles. The van der Waals surface area contributed by atoms with Crippen LogP contribution in [0, 0.1) is 0 Å². The first-order chi connectivity index (χ1) is 10.1. The molecule has 0 spiro atoms. The maximum atomic E-state index is 12.3. The van der Waals surface area contributed by atoms with Gasteiger partial charge >= 0.3 is 5.97 Å². The molecule has 1 aliphatic carbocycles. The van der Waals surface area contributed by atoms with Gasteiger partial charge in [0, 0.05) is 13.1 Å². The number of likely N-dealkylation sites (N-methyl/N-ethyl adjacent to an activating group) is 1. The molecule has 0 radical (unpaired) electrons. The maximum absolute atomic E-state index is 12.3. The molecule has 116 valence electrons. The minimum atomic E-state index is -0.360. The average molecular weight is 290 g/mol. The fourth-order valence-corrected chi connectivity index (χ4v) is 2.52. The highest BCUT2D eigenvalue weighted by molar-refractivity contribution is 5.78. The number of hydrogen-bond acceptors (Lipinski definition) is 4. The second-order valence-corrected chi connectivity index (χ2v) is 5.85. The zero-order chi connectivity index (χ0) is 15.2. The van der Waals surface area contributed by atoms with E-state index >= 15 is 0 Å². The van der Waals surface area contributed by atoms with E-state index in [1.807, 2.05) is 27.1 Å². The molecule has 1 saturated carbocycles. The topological polar surface area (TPSA) is 41.6 Å². The van der Waals surface area contributed by atoms with Crippen molar-refractivity contribution in [1.82, 2.24) is 10.2 Å². The molecule has 1 fully saturated rings. The SMILES string of the molecule is CCOC(=O)C(NCCN(C)C)c1ccccc1C1CC1. The lowest BCUT2D eigenvalue weighted by molar-refractivity contribution is -0.145. The van der Waals surface area contributed by atoms with Crippen LogP contribution in [0.4, 0.5) is 0 Å². The van der Waals surface area contributed by atoms with E-state index in [9.17, 15) is 4.79 Å². The Morgan fingerprint density at radius 3 is 2.71 bits per heavy atom. The third-order valence-corrected chi connectivity index (χ3v) is 3.75. The number of rotatable bonds is 8. The molecule has 1 N–H and O–H groups in total. The molecule has 1 unspecified atom stereocenters. The highest BCUT2D eigenvalue weighted by atomic mass is 16.5. The predicted molar refractivity (Wildman–Crippen MR) is 84.3 cm³/mol. The van der Waals surface area contributed by atoms with Gasteiger partial charge in [-0.3, -0.25) is 5.32 Å². The molecule has 21 heavy (non-hydrogen) atoms. The summed E-state index contributed by atoms with van der Waals surface area (Å²) in [6.45, 7) is 3.91. The molecule has 4 nitrogen and oxygen atoms in total. The summed E-state index contributed by atoms with van der Waals surface area (Å²) in [5.74, 6) is 0.443. The van der Waals surface area contributed by atoms with E-state index in [1.54, 1.807) is 0 Å². The summed E-state index contributed by atoms with van der Waals surface area (Å²) < 4.78 is 5.26. The molecule has 0 aromatic heterocycles. The summed E-state index contributed by atoms with van der Waals surface area (Å²) >= 11 is 0. The minimum Gasteiger partial charge on any atom is -0.465 e. The largest absolute Gasteiger partial charge is 0.465 e. The van der Waals surface area contributed by atoms with Gasteiger partial charge in [-0.1, -0.05) is 24.3 Å². The van der Waals surface area contributed by atoms with E-state index in [0.29, 0.717) is 12.5 Å². The summed E-state index contributed by atoms with van der Waals surface area (Å²) in [5, 5.41) is 3.36. The summed E-state index contributed by atoms with van der Waals surface area (Å²) in [6.07, 6.45) is 2.45. The smallest absolute Gasteiger partial charge is 0.327 e. The van der Waals surface area contributed by atoms with Crippen molar-refractivity contribution in [3.8, 4) is 0 Å². The molecule has 1 atom stereocenters. The first-order valence-corrected chi connectivity index (χ1v) is 7.77. The van der Waals surface area contributed by atoms with E-state index in [0.717, 1.165) is 18.7 Å². The molecular weight excluding hydrogens is 264 g/mol. The van der Waals surface area contributed by atoms with Gasteiger partial charge in [-0.15, -0.1) is 0 Å². The van der Waals surface area contributed by atoms with Gasteiger partial charge in [-0.05, 0) is 50.9 Å². The quantitative estimate of drug-likeness (QED) is 0.746. The molecule has 0 bridgehead atoms.